The molecule has 0 spiro atoms. The van der Waals surface area contributed by atoms with Gasteiger partial charge >= 0.3 is 0 Å². The van der Waals surface area contributed by atoms with Crippen LogP contribution >= 0.6 is 11.3 Å². The van der Waals surface area contributed by atoms with Gasteiger partial charge in [0.1, 0.15) is 17.6 Å². The van der Waals surface area contributed by atoms with Gasteiger partial charge in [-0.15, -0.1) is 11.3 Å². The number of carbonyl (C=O) groups excluding carboxylic acids is 1. The maximum absolute atomic E-state index is 13.0. The van der Waals surface area contributed by atoms with Gasteiger partial charge in [-0.2, -0.15) is 0 Å². The molecular weight excluding hydrogens is 342 g/mol. The maximum atomic E-state index is 13.0. The van der Waals surface area contributed by atoms with E-state index >= 15 is 0 Å². The Bertz CT molecular complexity index is 702. The molecule has 0 saturated carbocycles. The van der Waals surface area contributed by atoms with Crippen LogP contribution in [0.25, 0.3) is 0 Å². The molecule has 1 fully saturated rings. The summed E-state index contributed by atoms with van der Waals surface area (Å²) < 4.78 is 16.3. The molecule has 7 nitrogen and oxygen atoms in total. The van der Waals surface area contributed by atoms with Crippen LogP contribution in [0.1, 0.15) is 5.56 Å². The van der Waals surface area contributed by atoms with Crippen LogP contribution in [0.4, 0.5) is 5.13 Å². The number of thiazole rings is 1. The highest BCUT2D eigenvalue weighted by Gasteiger charge is 2.29. The number of morpholine rings is 1. The molecule has 3 rings (SSSR count). The third kappa shape index (κ3) is 4.09. The maximum Gasteiger partial charge on any atom is 0.259 e. The van der Waals surface area contributed by atoms with Crippen molar-refractivity contribution in [2.24, 2.45) is 0 Å². The van der Waals surface area contributed by atoms with Gasteiger partial charge in [-0.3, -0.25) is 9.69 Å². The van der Waals surface area contributed by atoms with Crippen molar-refractivity contribution in [3.8, 4) is 11.5 Å². The Morgan fingerprint density at radius 3 is 2.96 bits per heavy atom. The second-order valence-electron chi connectivity index (χ2n) is 5.48. The number of carbonyl (C=O) groups is 1. The molecule has 1 N–H and O–H groups in total. The number of methoxy groups -OCH3 is 2. The van der Waals surface area contributed by atoms with Crippen molar-refractivity contribution in [1.29, 1.82) is 0 Å². The zero-order valence-electron chi connectivity index (χ0n) is 14.2. The molecule has 1 aromatic carbocycles. The van der Waals surface area contributed by atoms with E-state index < -0.39 is 6.10 Å². The van der Waals surface area contributed by atoms with Gasteiger partial charge < -0.3 is 19.5 Å². The molecule has 1 aliphatic rings. The Labute approximate surface area is 150 Å². The van der Waals surface area contributed by atoms with Gasteiger partial charge in [0.2, 0.25) is 0 Å². The predicted octanol–water partition coefficient (Wildman–Crippen LogP) is 1.68. The number of ether oxygens (including phenoxy) is 3. The van der Waals surface area contributed by atoms with E-state index in [2.05, 4.69) is 10.3 Å². The number of aromatic nitrogens is 1. The van der Waals surface area contributed by atoms with Crippen LogP contribution in [0, 0.1) is 0 Å². The summed E-state index contributed by atoms with van der Waals surface area (Å²) in [5, 5.41) is 5.67. The average molecular weight is 363 g/mol. The van der Waals surface area contributed by atoms with Crippen LogP contribution in [-0.4, -0.2) is 50.9 Å². The van der Waals surface area contributed by atoms with Gasteiger partial charge in [0, 0.05) is 36.3 Å². The molecule has 8 heteroatoms. The summed E-state index contributed by atoms with van der Waals surface area (Å²) in [6.07, 6.45) is 1.17. The van der Waals surface area contributed by atoms with Crippen LogP contribution in [0.3, 0.4) is 0 Å². The molecule has 1 saturated heterocycles. The average Bonchev–Trinajstić information content (AvgIpc) is 3.20. The van der Waals surface area contributed by atoms with Crippen molar-refractivity contribution < 1.29 is 19.0 Å². The zero-order valence-corrected chi connectivity index (χ0v) is 15.0. The number of benzene rings is 1. The van der Waals surface area contributed by atoms with Crippen LogP contribution in [-0.2, 0) is 16.1 Å². The van der Waals surface area contributed by atoms with Crippen LogP contribution in [0.15, 0.2) is 29.8 Å². The third-order valence-corrected chi connectivity index (χ3v) is 4.74. The summed E-state index contributed by atoms with van der Waals surface area (Å²) >= 11 is 1.42. The fourth-order valence-corrected chi connectivity index (χ4v) is 3.29. The standard InChI is InChI=1S/C17H21N3O4S/c1-22-13-4-3-12(14(9-13)23-2)11-20(17-19-6-8-25-17)16(21)15-10-18-5-7-24-15/h3-4,6,8-9,15,18H,5,7,10-11H2,1-2H3. The minimum absolute atomic E-state index is 0.111. The first kappa shape index (κ1) is 17.7. The van der Waals surface area contributed by atoms with E-state index in [-0.39, 0.29) is 5.91 Å². The largest absolute Gasteiger partial charge is 0.497 e. The third-order valence-electron chi connectivity index (χ3n) is 3.94. The first-order chi connectivity index (χ1) is 12.2. The van der Waals surface area contributed by atoms with Gasteiger partial charge in [0.25, 0.3) is 5.91 Å². The molecule has 0 radical (unpaired) electrons. The Kier molecular flexibility index (Phi) is 5.85. The lowest BCUT2D eigenvalue weighted by Crippen LogP contribution is -2.49. The minimum Gasteiger partial charge on any atom is -0.497 e. The number of amides is 1. The van der Waals surface area contributed by atoms with Crippen LogP contribution in [0.5, 0.6) is 11.5 Å². The minimum atomic E-state index is -0.512. The molecular formula is C17H21N3O4S. The SMILES string of the molecule is COc1ccc(CN(C(=O)C2CNCCO2)c2nccs2)c(OC)c1. The number of anilines is 1. The predicted molar refractivity (Wildman–Crippen MR) is 95.5 cm³/mol. The van der Waals surface area contributed by atoms with E-state index in [4.69, 9.17) is 14.2 Å². The molecule has 0 bridgehead atoms. The van der Waals surface area contributed by atoms with Gasteiger partial charge in [-0.25, -0.2) is 4.98 Å². The van der Waals surface area contributed by atoms with Crippen molar-refractivity contribution in [1.82, 2.24) is 10.3 Å². The van der Waals surface area contributed by atoms with Crippen LogP contribution < -0.4 is 19.7 Å². The summed E-state index contributed by atoms with van der Waals surface area (Å²) in [6, 6.07) is 5.55. The first-order valence-electron chi connectivity index (χ1n) is 7.97. The number of nitrogens with zero attached hydrogens (tertiary/aromatic N) is 2. The van der Waals surface area contributed by atoms with Crippen molar-refractivity contribution in [3.63, 3.8) is 0 Å². The molecule has 134 valence electrons. The summed E-state index contributed by atoms with van der Waals surface area (Å²) in [6.45, 7) is 2.13. The van der Waals surface area contributed by atoms with Crippen LogP contribution in [0.2, 0.25) is 0 Å². The van der Waals surface area contributed by atoms with Gasteiger partial charge in [-0.1, -0.05) is 0 Å². The van der Waals surface area contributed by atoms with E-state index in [0.717, 1.165) is 12.1 Å². The summed E-state index contributed by atoms with van der Waals surface area (Å²) in [4.78, 5) is 18.9. The second kappa shape index (κ2) is 8.28. The molecule has 1 aliphatic heterocycles. The van der Waals surface area contributed by atoms with E-state index in [9.17, 15) is 4.79 Å². The molecule has 2 heterocycles. The fraction of sp³-hybridized carbons (Fsp3) is 0.412. The molecule has 1 aromatic heterocycles. The first-order valence-corrected chi connectivity index (χ1v) is 8.85. The highest BCUT2D eigenvalue weighted by atomic mass is 32.1. The smallest absolute Gasteiger partial charge is 0.259 e. The van der Waals surface area contributed by atoms with E-state index in [1.807, 2.05) is 17.5 Å². The Balaban J connectivity index is 1.87. The fourth-order valence-electron chi connectivity index (χ4n) is 2.64. The Morgan fingerprint density at radius 1 is 1.44 bits per heavy atom. The van der Waals surface area contributed by atoms with Crippen molar-refractivity contribution >= 4 is 22.4 Å². The molecule has 1 unspecified atom stereocenters. The van der Waals surface area contributed by atoms with Crippen molar-refractivity contribution in [2.75, 3.05) is 38.8 Å². The lowest BCUT2D eigenvalue weighted by Gasteiger charge is -2.28. The highest BCUT2D eigenvalue weighted by Crippen LogP contribution is 2.29. The Hall–Kier alpha value is -2.16. The highest BCUT2D eigenvalue weighted by molar-refractivity contribution is 7.13. The number of hydrogen-bond donors (Lipinski definition) is 1. The lowest BCUT2D eigenvalue weighted by atomic mass is 10.1. The number of rotatable bonds is 6. The molecule has 25 heavy (non-hydrogen) atoms. The van der Waals surface area contributed by atoms with Gasteiger partial charge in [-0.05, 0) is 12.1 Å². The molecule has 1 atom stereocenters. The normalized spacial score (nSPS) is 17.1. The monoisotopic (exact) mass is 363 g/mol. The molecule has 1 amide bonds. The summed E-state index contributed by atoms with van der Waals surface area (Å²) in [7, 11) is 3.20. The Morgan fingerprint density at radius 2 is 2.32 bits per heavy atom. The van der Waals surface area contributed by atoms with E-state index in [0.29, 0.717) is 36.3 Å². The van der Waals surface area contributed by atoms with E-state index in [1.54, 1.807) is 31.4 Å². The van der Waals surface area contributed by atoms with Crippen molar-refractivity contribution in [2.45, 2.75) is 12.6 Å². The van der Waals surface area contributed by atoms with Gasteiger partial charge in [0.05, 0.1) is 27.4 Å². The van der Waals surface area contributed by atoms with Gasteiger partial charge in [0.15, 0.2) is 5.13 Å². The zero-order chi connectivity index (χ0) is 17.6. The van der Waals surface area contributed by atoms with E-state index in [1.165, 1.54) is 11.3 Å². The number of nitrogens with one attached hydrogen (secondary N) is 1. The van der Waals surface area contributed by atoms with Crippen molar-refractivity contribution in [3.05, 3.63) is 35.3 Å². The summed E-state index contributed by atoms with van der Waals surface area (Å²) in [5.41, 5.74) is 0.871. The summed E-state index contributed by atoms with van der Waals surface area (Å²) in [5.74, 6) is 1.25. The second-order valence-corrected chi connectivity index (χ2v) is 6.35. The number of hydrogen-bond acceptors (Lipinski definition) is 7. The lowest BCUT2D eigenvalue weighted by molar-refractivity contribution is -0.131. The molecule has 2 aromatic rings. The molecule has 0 aliphatic carbocycles. The topological polar surface area (TPSA) is 72.9 Å². The quantitative estimate of drug-likeness (QED) is 0.842.